The van der Waals surface area contributed by atoms with Gasteiger partial charge in [-0.25, -0.2) is 0 Å². The van der Waals surface area contributed by atoms with E-state index in [0.717, 1.165) is 16.4 Å². The first kappa shape index (κ1) is 14.0. The Morgan fingerprint density at radius 1 is 1.25 bits per heavy atom. The number of aromatic nitrogens is 1. The summed E-state index contributed by atoms with van der Waals surface area (Å²) < 4.78 is 10.0. The summed E-state index contributed by atoms with van der Waals surface area (Å²) in [5.41, 5.74) is 1.23. The fraction of sp³-hybridized carbons (Fsp3) is 0.533. The molecule has 1 aliphatic rings. The van der Waals surface area contributed by atoms with E-state index in [2.05, 4.69) is 21.6 Å². The minimum absolute atomic E-state index is 0.700. The molecular formula is C15H20N2OS2. The van der Waals surface area contributed by atoms with Gasteiger partial charge in [-0.15, -0.1) is 11.3 Å². The number of thiazole rings is 1. The third-order valence-electron chi connectivity index (χ3n) is 3.74. The molecule has 1 aliphatic heterocycles. The van der Waals surface area contributed by atoms with E-state index < -0.39 is 0 Å². The lowest BCUT2D eigenvalue weighted by Crippen LogP contribution is -2.31. The highest BCUT2D eigenvalue weighted by atomic mass is 32.1. The van der Waals surface area contributed by atoms with Crippen LogP contribution in [0.25, 0.3) is 10.2 Å². The maximum absolute atomic E-state index is 5.57. The van der Waals surface area contributed by atoms with Crippen molar-refractivity contribution in [3.05, 3.63) is 22.2 Å². The number of rotatable bonds is 4. The summed E-state index contributed by atoms with van der Waals surface area (Å²) in [6.07, 6.45) is 3.98. The Bertz CT molecular complexity index is 641. The molecule has 2 aromatic rings. The fourth-order valence-corrected chi connectivity index (χ4v) is 4.08. The first-order valence-corrected chi connectivity index (χ1v) is 8.49. The van der Waals surface area contributed by atoms with Crippen molar-refractivity contribution in [1.29, 1.82) is 0 Å². The van der Waals surface area contributed by atoms with Gasteiger partial charge in [0.15, 0.2) is 3.95 Å². The zero-order valence-electron chi connectivity index (χ0n) is 11.8. The summed E-state index contributed by atoms with van der Waals surface area (Å²) in [6, 6.07) is 6.28. The number of piperidine rings is 1. The lowest BCUT2D eigenvalue weighted by Gasteiger charge is -2.26. The van der Waals surface area contributed by atoms with Crippen LogP contribution >= 0.6 is 23.6 Å². The van der Waals surface area contributed by atoms with E-state index in [4.69, 9.17) is 17.0 Å². The van der Waals surface area contributed by atoms with Crippen molar-refractivity contribution in [3.63, 3.8) is 0 Å². The molecule has 0 N–H and O–H groups in total. The van der Waals surface area contributed by atoms with Crippen molar-refractivity contribution in [1.82, 2.24) is 9.47 Å². The number of fused-ring (bicyclic) bond motifs is 1. The minimum Gasteiger partial charge on any atom is -0.494 e. The van der Waals surface area contributed by atoms with Gasteiger partial charge in [-0.1, -0.05) is 6.42 Å². The number of likely N-dealkylation sites (tertiary alicyclic amines) is 1. The largest absolute Gasteiger partial charge is 0.494 e. The maximum atomic E-state index is 5.57. The third kappa shape index (κ3) is 2.90. The molecule has 0 saturated carbocycles. The molecule has 0 amide bonds. The van der Waals surface area contributed by atoms with E-state index in [-0.39, 0.29) is 0 Å². The van der Waals surface area contributed by atoms with Crippen molar-refractivity contribution in [2.24, 2.45) is 0 Å². The van der Waals surface area contributed by atoms with E-state index in [9.17, 15) is 0 Å². The first-order valence-electron chi connectivity index (χ1n) is 7.26. The zero-order chi connectivity index (χ0) is 13.9. The van der Waals surface area contributed by atoms with Crippen LogP contribution < -0.4 is 4.74 Å². The molecule has 0 atom stereocenters. The van der Waals surface area contributed by atoms with Gasteiger partial charge in [-0.2, -0.15) is 0 Å². The molecule has 3 nitrogen and oxygen atoms in total. The van der Waals surface area contributed by atoms with Gasteiger partial charge in [-0.3, -0.25) is 4.90 Å². The Hall–Kier alpha value is -0.910. The predicted octanol–water partition coefficient (Wildman–Crippen LogP) is 4.27. The summed E-state index contributed by atoms with van der Waals surface area (Å²) >= 11 is 7.22. The molecule has 0 spiro atoms. The summed E-state index contributed by atoms with van der Waals surface area (Å²) in [6.45, 7) is 6.01. The Balaban J connectivity index is 1.90. The minimum atomic E-state index is 0.700. The third-order valence-corrected chi connectivity index (χ3v) is 5.15. The summed E-state index contributed by atoms with van der Waals surface area (Å²) in [4.78, 5) is 2.50. The second kappa shape index (κ2) is 6.24. The molecule has 1 aromatic heterocycles. The SMILES string of the molecule is CCOc1ccc2c(c1)sc(=S)n2CN1CCCCC1. The zero-order valence-corrected chi connectivity index (χ0v) is 13.4. The second-order valence-corrected chi connectivity index (χ2v) is 6.85. The number of hydrogen-bond donors (Lipinski definition) is 0. The number of hydrogen-bond acceptors (Lipinski definition) is 4. The van der Waals surface area contributed by atoms with Crippen LogP contribution in [-0.4, -0.2) is 29.2 Å². The van der Waals surface area contributed by atoms with Crippen LogP contribution in [0.1, 0.15) is 26.2 Å². The Morgan fingerprint density at radius 2 is 2.05 bits per heavy atom. The van der Waals surface area contributed by atoms with Crippen LogP contribution in [0, 0.1) is 3.95 Å². The van der Waals surface area contributed by atoms with Crippen LogP contribution in [-0.2, 0) is 6.67 Å². The van der Waals surface area contributed by atoms with Gasteiger partial charge in [0.05, 0.1) is 23.5 Å². The number of ether oxygens (including phenoxy) is 1. The van der Waals surface area contributed by atoms with Gasteiger partial charge in [0.1, 0.15) is 5.75 Å². The topological polar surface area (TPSA) is 17.4 Å². The van der Waals surface area contributed by atoms with E-state index >= 15 is 0 Å². The van der Waals surface area contributed by atoms with Crippen LogP contribution in [0.4, 0.5) is 0 Å². The maximum Gasteiger partial charge on any atom is 0.163 e. The molecule has 1 saturated heterocycles. The van der Waals surface area contributed by atoms with Gasteiger partial charge in [0.2, 0.25) is 0 Å². The quantitative estimate of drug-likeness (QED) is 0.785. The van der Waals surface area contributed by atoms with Gasteiger partial charge in [0.25, 0.3) is 0 Å². The average molecular weight is 308 g/mol. The Labute approximate surface area is 128 Å². The normalized spacial score (nSPS) is 16.6. The van der Waals surface area contributed by atoms with Crippen molar-refractivity contribution in [2.45, 2.75) is 32.9 Å². The van der Waals surface area contributed by atoms with Gasteiger partial charge < -0.3 is 9.30 Å². The molecule has 108 valence electrons. The molecule has 0 radical (unpaired) electrons. The smallest absolute Gasteiger partial charge is 0.163 e. The molecule has 0 unspecified atom stereocenters. The van der Waals surface area contributed by atoms with E-state index in [1.165, 1.54) is 42.6 Å². The van der Waals surface area contributed by atoms with Crippen molar-refractivity contribution >= 4 is 33.8 Å². The van der Waals surface area contributed by atoms with Crippen LogP contribution in [0.3, 0.4) is 0 Å². The highest BCUT2D eigenvalue weighted by Gasteiger charge is 2.13. The standard InChI is InChI=1S/C15H20N2OS2/c1-2-18-12-6-7-13-14(10-12)20-15(19)17(13)11-16-8-4-3-5-9-16/h6-7,10H,2-5,8-9,11H2,1H3. The molecule has 0 bridgehead atoms. The summed E-state index contributed by atoms with van der Waals surface area (Å²) in [5.74, 6) is 0.932. The Kier molecular flexibility index (Phi) is 4.38. The van der Waals surface area contributed by atoms with Gasteiger partial charge in [-0.05, 0) is 63.3 Å². The van der Waals surface area contributed by atoms with E-state index in [1.54, 1.807) is 11.3 Å². The van der Waals surface area contributed by atoms with Crippen LogP contribution in [0.15, 0.2) is 18.2 Å². The second-order valence-electron chi connectivity index (χ2n) is 5.18. The highest BCUT2D eigenvalue weighted by Crippen LogP contribution is 2.28. The number of nitrogens with zero attached hydrogens (tertiary/aromatic N) is 2. The summed E-state index contributed by atoms with van der Waals surface area (Å²) in [7, 11) is 0. The fourth-order valence-electron chi connectivity index (χ4n) is 2.74. The lowest BCUT2D eigenvalue weighted by atomic mass is 10.1. The highest BCUT2D eigenvalue weighted by molar-refractivity contribution is 7.73. The average Bonchev–Trinajstić information content (AvgIpc) is 2.76. The lowest BCUT2D eigenvalue weighted by molar-refractivity contribution is 0.185. The molecule has 5 heteroatoms. The predicted molar refractivity (Wildman–Crippen MR) is 87.2 cm³/mol. The van der Waals surface area contributed by atoms with Gasteiger partial charge in [0, 0.05) is 0 Å². The molecule has 20 heavy (non-hydrogen) atoms. The van der Waals surface area contributed by atoms with Crippen LogP contribution in [0.5, 0.6) is 5.75 Å². The van der Waals surface area contributed by atoms with Gasteiger partial charge >= 0.3 is 0 Å². The number of benzene rings is 1. The first-order chi connectivity index (χ1) is 9.78. The molecule has 2 heterocycles. The monoisotopic (exact) mass is 308 g/mol. The molecule has 0 aliphatic carbocycles. The van der Waals surface area contributed by atoms with Crippen molar-refractivity contribution in [3.8, 4) is 5.75 Å². The molecular weight excluding hydrogens is 288 g/mol. The molecule has 3 rings (SSSR count). The summed E-state index contributed by atoms with van der Waals surface area (Å²) in [5, 5.41) is 0. The van der Waals surface area contributed by atoms with E-state index in [0.29, 0.717) is 6.61 Å². The van der Waals surface area contributed by atoms with Crippen molar-refractivity contribution in [2.75, 3.05) is 19.7 Å². The Morgan fingerprint density at radius 3 is 2.80 bits per heavy atom. The molecule has 1 fully saturated rings. The van der Waals surface area contributed by atoms with Crippen LogP contribution in [0.2, 0.25) is 0 Å². The van der Waals surface area contributed by atoms with E-state index in [1.807, 2.05) is 13.0 Å². The van der Waals surface area contributed by atoms with Crippen molar-refractivity contribution < 1.29 is 4.74 Å². The molecule has 1 aromatic carbocycles.